The van der Waals surface area contributed by atoms with Crippen molar-refractivity contribution in [3.05, 3.63) is 12.2 Å². The minimum atomic E-state index is -0.968. The minimum absolute atomic E-state index is 0.0863. The van der Waals surface area contributed by atoms with Crippen LogP contribution in [0, 0.1) is 11.8 Å². The predicted molar refractivity (Wildman–Crippen MR) is 57.8 cm³/mol. The van der Waals surface area contributed by atoms with E-state index in [1.54, 1.807) is 0 Å². The van der Waals surface area contributed by atoms with Gasteiger partial charge in [-0.05, 0) is 18.8 Å². The van der Waals surface area contributed by atoms with Crippen LogP contribution in [0.3, 0.4) is 0 Å². The monoisotopic (exact) mass is 251 g/mol. The Hall–Kier alpha value is -1.85. The van der Waals surface area contributed by atoms with Crippen LogP contribution in [0.15, 0.2) is 12.2 Å². The molecule has 3 rings (SSSR count). The van der Waals surface area contributed by atoms with Crippen molar-refractivity contribution in [1.29, 1.82) is 0 Å². The molecule has 2 aliphatic carbocycles. The topological polar surface area (TPSA) is 72.9 Å². The van der Waals surface area contributed by atoms with Crippen LogP contribution in [0.4, 0.5) is 4.79 Å². The molecule has 3 aliphatic rings. The number of amides is 2. The molecule has 1 saturated carbocycles. The zero-order valence-electron chi connectivity index (χ0n) is 9.70. The molecular weight excluding hydrogens is 238 g/mol. The maximum atomic E-state index is 11.5. The number of ether oxygens (including phenoxy) is 1. The van der Waals surface area contributed by atoms with E-state index in [4.69, 9.17) is 4.74 Å². The van der Waals surface area contributed by atoms with Gasteiger partial charge in [-0.25, -0.2) is 4.79 Å². The number of hydrogen-bond acceptors (Lipinski definition) is 5. The fourth-order valence-corrected chi connectivity index (χ4v) is 2.74. The lowest BCUT2D eigenvalue weighted by Gasteiger charge is -2.19. The van der Waals surface area contributed by atoms with E-state index in [0.29, 0.717) is 11.0 Å². The van der Waals surface area contributed by atoms with Crippen molar-refractivity contribution < 1.29 is 24.0 Å². The lowest BCUT2D eigenvalue weighted by Crippen LogP contribution is -2.34. The van der Waals surface area contributed by atoms with Gasteiger partial charge in [-0.1, -0.05) is 17.2 Å². The molecule has 18 heavy (non-hydrogen) atoms. The van der Waals surface area contributed by atoms with Gasteiger partial charge in [0.15, 0.2) is 0 Å². The zero-order valence-corrected chi connectivity index (χ0v) is 9.70. The highest BCUT2D eigenvalue weighted by Gasteiger charge is 2.40. The molecule has 0 spiro atoms. The molecule has 0 aromatic heterocycles. The van der Waals surface area contributed by atoms with Gasteiger partial charge in [0.1, 0.15) is 6.10 Å². The van der Waals surface area contributed by atoms with Crippen LogP contribution in [0.5, 0.6) is 0 Å². The lowest BCUT2D eigenvalue weighted by atomic mass is 10.1. The molecule has 0 aromatic carbocycles. The highest BCUT2D eigenvalue weighted by Crippen LogP contribution is 2.40. The van der Waals surface area contributed by atoms with Crippen LogP contribution in [0.25, 0.3) is 0 Å². The molecule has 2 amide bonds. The lowest BCUT2D eigenvalue weighted by molar-refractivity contribution is -0.178. The number of fused-ring (bicyclic) bond motifs is 2. The van der Waals surface area contributed by atoms with Crippen molar-refractivity contribution in [1.82, 2.24) is 5.06 Å². The fraction of sp³-hybridized carbons (Fsp3) is 0.583. The van der Waals surface area contributed by atoms with Crippen LogP contribution in [0.2, 0.25) is 0 Å². The highest BCUT2D eigenvalue weighted by atomic mass is 16.8. The van der Waals surface area contributed by atoms with Crippen molar-refractivity contribution in [3.63, 3.8) is 0 Å². The first-order valence-electron chi connectivity index (χ1n) is 6.06. The van der Waals surface area contributed by atoms with E-state index >= 15 is 0 Å². The van der Waals surface area contributed by atoms with E-state index in [-0.39, 0.29) is 24.9 Å². The summed E-state index contributed by atoms with van der Waals surface area (Å²) >= 11 is 0. The Labute approximate surface area is 103 Å². The number of hydrogen-bond donors (Lipinski definition) is 0. The van der Waals surface area contributed by atoms with Gasteiger partial charge >= 0.3 is 6.16 Å². The molecule has 6 heteroatoms. The second-order valence-electron chi connectivity index (χ2n) is 4.86. The Morgan fingerprint density at radius 1 is 1.17 bits per heavy atom. The third kappa shape index (κ3) is 1.87. The molecule has 3 unspecified atom stereocenters. The molecule has 0 radical (unpaired) electrons. The largest absolute Gasteiger partial charge is 0.534 e. The van der Waals surface area contributed by atoms with E-state index in [0.717, 1.165) is 12.8 Å². The molecule has 1 aliphatic heterocycles. The number of hydroxylamine groups is 2. The first-order valence-corrected chi connectivity index (χ1v) is 6.06. The number of allylic oxidation sites excluding steroid dienone is 1. The standard InChI is InChI=1S/C12H13NO5/c14-10-3-4-11(15)13(10)18-12(16)17-9-6-7-1-2-8(9)5-7/h1-2,7-9H,3-6H2. The van der Waals surface area contributed by atoms with Gasteiger partial charge in [-0.15, -0.1) is 0 Å². The zero-order chi connectivity index (χ0) is 12.7. The maximum Gasteiger partial charge on any atom is 0.534 e. The Morgan fingerprint density at radius 3 is 2.44 bits per heavy atom. The maximum absolute atomic E-state index is 11.5. The fourth-order valence-electron chi connectivity index (χ4n) is 2.74. The number of imide groups is 1. The van der Waals surface area contributed by atoms with E-state index in [1.807, 2.05) is 6.08 Å². The third-order valence-electron chi connectivity index (χ3n) is 3.64. The molecular formula is C12H13NO5. The second-order valence-corrected chi connectivity index (χ2v) is 4.86. The molecule has 1 saturated heterocycles. The van der Waals surface area contributed by atoms with Crippen molar-refractivity contribution in [2.75, 3.05) is 0 Å². The van der Waals surface area contributed by atoms with Gasteiger partial charge in [-0.3, -0.25) is 14.4 Å². The summed E-state index contributed by atoms with van der Waals surface area (Å²) < 4.78 is 5.15. The normalized spacial score (nSPS) is 33.3. The van der Waals surface area contributed by atoms with Crippen LogP contribution in [0.1, 0.15) is 25.7 Å². The smallest absolute Gasteiger partial charge is 0.429 e. The average Bonchev–Trinajstić information content (AvgIpc) is 3.00. The van der Waals surface area contributed by atoms with Crippen molar-refractivity contribution in [3.8, 4) is 0 Å². The Kier molecular flexibility index (Phi) is 2.57. The van der Waals surface area contributed by atoms with E-state index in [9.17, 15) is 14.4 Å². The Bertz CT molecular complexity index is 428. The molecule has 1 heterocycles. The summed E-state index contributed by atoms with van der Waals surface area (Å²) in [5.41, 5.74) is 0. The summed E-state index contributed by atoms with van der Waals surface area (Å²) in [7, 11) is 0. The molecule has 96 valence electrons. The summed E-state index contributed by atoms with van der Waals surface area (Å²) in [5.74, 6) is -0.273. The quantitative estimate of drug-likeness (QED) is 0.418. The number of nitrogens with zero attached hydrogens (tertiary/aromatic N) is 1. The van der Waals surface area contributed by atoms with Crippen LogP contribution in [-0.4, -0.2) is 29.1 Å². The molecule has 0 N–H and O–H groups in total. The first kappa shape index (κ1) is 11.3. The second kappa shape index (κ2) is 4.12. The summed E-state index contributed by atoms with van der Waals surface area (Å²) in [6, 6.07) is 0. The minimum Gasteiger partial charge on any atom is -0.429 e. The molecule has 2 bridgehead atoms. The van der Waals surface area contributed by atoms with Gasteiger partial charge < -0.3 is 4.74 Å². The van der Waals surface area contributed by atoms with Crippen LogP contribution < -0.4 is 0 Å². The van der Waals surface area contributed by atoms with E-state index in [1.165, 1.54) is 0 Å². The first-order chi connectivity index (χ1) is 8.63. The van der Waals surface area contributed by atoms with E-state index < -0.39 is 18.0 Å². The van der Waals surface area contributed by atoms with Gasteiger partial charge in [0.2, 0.25) is 0 Å². The Balaban J connectivity index is 1.55. The third-order valence-corrected chi connectivity index (χ3v) is 3.64. The summed E-state index contributed by atoms with van der Waals surface area (Å²) in [5, 5.41) is 0.505. The summed E-state index contributed by atoms with van der Waals surface area (Å²) in [6.45, 7) is 0. The molecule has 2 fully saturated rings. The van der Waals surface area contributed by atoms with Crippen molar-refractivity contribution in [2.24, 2.45) is 11.8 Å². The van der Waals surface area contributed by atoms with E-state index in [2.05, 4.69) is 10.9 Å². The van der Waals surface area contributed by atoms with Gasteiger partial charge in [0, 0.05) is 18.8 Å². The van der Waals surface area contributed by atoms with Crippen LogP contribution in [-0.2, 0) is 19.2 Å². The Morgan fingerprint density at radius 2 is 1.89 bits per heavy atom. The number of carbonyl (C=O) groups is 3. The number of rotatable bonds is 2. The summed E-state index contributed by atoms with van der Waals surface area (Å²) in [6.07, 6.45) is 4.97. The van der Waals surface area contributed by atoms with Gasteiger partial charge in [0.25, 0.3) is 11.8 Å². The van der Waals surface area contributed by atoms with Gasteiger partial charge in [0.05, 0.1) is 0 Å². The van der Waals surface area contributed by atoms with Gasteiger partial charge in [-0.2, -0.15) is 0 Å². The highest BCUT2D eigenvalue weighted by molar-refractivity contribution is 6.01. The van der Waals surface area contributed by atoms with Crippen molar-refractivity contribution >= 4 is 18.0 Å². The molecule has 3 atom stereocenters. The molecule has 6 nitrogen and oxygen atoms in total. The predicted octanol–water partition coefficient (Wildman–Crippen LogP) is 1.17. The molecule has 0 aromatic rings. The van der Waals surface area contributed by atoms with Crippen LogP contribution >= 0.6 is 0 Å². The average molecular weight is 251 g/mol. The SMILES string of the molecule is O=C(OC1CC2C=CC1C2)ON1C(=O)CCC1=O. The summed E-state index contributed by atoms with van der Waals surface area (Å²) in [4.78, 5) is 38.7. The number of carbonyl (C=O) groups excluding carboxylic acids is 3. The van der Waals surface area contributed by atoms with Crippen molar-refractivity contribution in [2.45, 2.75) is 31.8 Å².